The molecule has 144 valence electrons. The van der Waals surface area contributed by atoms with E-state index in [1.54, 1.807) is 24.3 Å². The van der Waals surface area contributed by atoms with Gasteiger partial charge in [0.05, 0.1) is 29.1 Å². The molecule has 0 saturated heterocycles. The fourth-order valence-corrected chi connectivity index (χ4v) is 3.81. The number of para-hydroxylation sites is 2. The number of carbonyl (C=O) groups excluding carboxylic acids is 1. The van der Waals surface area contributed by atoms with Crippen LogP contribution in [0.5, 0.6) is 5.75 Å². The van der Waals surface area contributed by atoms with E-state index in [0.717, 1.165) is 17.0 Å². The molecule has 0 aliphatic carbocycles. The van der Waals surface area contributed by atoms with E-state index >= 15 is 0 Å². The molecule has 0 saturated carbocycles. The third kappa shape index (κ3) is 2.57. The number of carbonyl (C=O) groups is 1. The van der Waals surface area contributed by atoms with Crippen LogP contribution in [0.3, 0.4) is 0 Å². The molecule has 6 nitrogen and oxygen atoms in total. The van der Waals surface area contributed by atoms with Crippen molar-refractivity contribution in [2.45, 2.75) is 5.72 Å². The van der Waals surface area contributed by atoms with Crippen LogP contribution in [0.4, 0.5) is 11.4 Å². The van der Waals surface area contributed by atoms with Crippen molar-refractivity contribution >= 4 is 34.8 Å². The molecule has 1 unspecified atom stereocenters. The number of nitrogens with zero attached hydrogens (tertiary/aromatic N) is 2. The lowest BCUT2D eigenvalue weighted by atomic mass is 10.0. The minimum Gasteiger partial charge on any atom is -0.497 e. The van der Waals surface area contributed by atoms with Crippen LogP contribution in [-0.4, -0.2) is 18.9 Å². The van der Waals surface area contributed by atoms with Gasteiger partial charge in [0.15, 0.2) is 0 Å². The van der Waals surface area contributed by atoms with Crippen molar-refractivity contribution in [3.05, 3.63) is 88.9 Å². The Labute approximate surface area is 172 Å². The summed E-state index contributed by atoms with van der Waals surface area (Å²) in [5.41, 5.74) is 1.12. The van der Waals surface area contributed by atoms with E-state index in [-0.39, 0.29) is 5.91 Å². The summed E-state index contributed by atoms with van der Waals surface area (Å²) in [5.74, 6) is 0.703. The predicted molar refractivity (Wildman–Crippen MR) is 111 cm³/mol. The molecule has 7 heteroatoms. The van der Waals surface area contributed by atoms with Crippen LogP contribution in [0.2, 0.25) is 5.02 Å². The Morgan fingerprint density at radius 1 is 1.03 bits per heavy atom. The van der Waals surface area contributed by atoms with Crippen molar-refractivity contribution in [2.24, 2.45) is 5.10 Å². The predicted octanol–water partition coefficient (Wildman–Crippen LogP) is 4.35. The summed E-state index contributed by atoms with van der Waals surface area (Å²) in [6.45, 7) is 0. The summed E-state index contributed by atoms with van der Waals surface area (Å²) in [4.78, 5) is 13.2. The van der Waals surface area contributed by atoms with Crippen molar-refractivity contribution in [3.63, 3.8) is 0 Å². The van der Waals surface area contributed by atoms with Crippen molar-refractivity contribution in [1.29, 1.82) is 0 Å². The van der Waals surface area contributed by atoms with Crippen LogP contribution in [0.15, 0.2) is 77.9 Å². The smallest absolute Gasteiger partial charge is 0.311 e. The molecule has 2 heterocycles. The van der Waals surface area contributed by atoms with Gasteiger partial charge in [-0.15, -0.1) is 5.10 Å². The Hall–Kier alpha value is -3.51. The number of amides is 1. The van der Waals surface area contributed by atoms with E-state index in [0.29, 0.717) is 22.2 Å². The summed E-state index contributed by atoms with van der Waals surface area (Å²) in [7, 11) is 1.61. The molecule has 0 bridgehead atoms. The molecule has 29 heavy (non-hydrogen) atoms. The normalized spacial score (nSPS) is 19.6. The van der Waals surface area contributed by atoms with Gasteiger partial charge in [-0.3, -0.25) is 4.79 Å². The van der Waals surface area contributed by atoms with Gasteiger partial charge in [-0.05, 0) is 42.5 Å². The maximum Gasteiger partial charge on any atom is 0.311 e. The molecule has 0 radical (unpaired) electrons. The van der Waals surface area contributed by atoms with Gasteiger partial charge in [0.2, 0.25) is 5.90 Å². The van der Waals surface area contributed by atoms with Gasteiger partial charge in [0.1, 0.15) is 5.75 Å². The zero-order chi connectivity index (χ0) is 20.0. The first-order chi connectivity index (χ1) is 14.1. The number of rotatable bonds is 3. The van der Waals surface area contributed by atoms with Gasteiger partial charge in [0.25, 0.3) is 5.91 Å². The highest BCUT2D eigenvalue weighted by Gasteiger charge is 2.59. The van der Waals surface area contributed by atoms with Gasteiger partial charge in [-0.25, -0.2) is 5.01 Å². The van der Waals surface area contributed by atoms with Crippen LogP contribution in [-0.2, 0) is 15.3 Å². The van der Waals surface area contributed by atoms with Crippen LogP contribution in [0, 0.1) is 0 Å². The number of benzene rings is 3. The largest absolute Gasteiger partial charge is 0.497 e. The van der Waals surface area contributed by atoms with Gasteiger partial charge < -0.3 is 14.8 Å². The molecule has 2 aliphatic heterocycles. The number of methoxy groups -OCH3 is 1. The second-order valence-corrected chi connectivity index (χ2v) is 7.05. The van der Waals surface area contributed by atoms with Crippen LogP contribution in [0.25, 0.3) is 0 Å². The number of halogens is 1. The number of nitrogens with one attached hydrogen (secondary N) is 1. The average molecular weight is 406 g/mol. The monoisotopic (exact) mass is 405 g/mol. The standard InChI is InChI=1S/C22H16ClN3O3/c1-28-16-12-10-14(11-13-16)20-25-26(15-6-3-2-4-7-15)22(29-20)17-8-5-9-18(23)19(17)24-21(22)27/h2-13H,1H3,(H,24,27). The number of hydrogen-bond acceptors (Lipinski definition) is 5. The lowest BCUT2D eigenvalue weighted by Crippen LogP contribution is -2.47. The van der Waals surface area contributed by atoms with E-state index < -0.39 is 5.72 Å². The number of hydrogen-bond donors (Lipinski definition) is 1. The van der Waals surface area contributed by atoms with Crippen LogP contribution in [0.1, 0.15) is 11.1 Å². The fraction of sp³-hybridized carbons (Fsp3) is 0.0909. The molecule has 3 aromatic rings. The van der Waals surface area contributed by atoms with Crippen molar-refractivity contribution in [2.75, 3.05) is 17.4 Å². The Kier molecular flexibility index (Phi) is 3.96. The number of anilines is 2. The Balaban J connectivity index is 1.68. The van der Waals surface area contributed by atoms with Crippen LogP contribution >= 0.6 is 11.6 Å². The second kappa shape index (κ2) is 6.53. The van der Waals surface area contributed by atoms with Crippen molar-refractivity contribution < 1.29 is 14.3 Å². The molecule has 1 amide bonds. The van der Waals surface area contributed by atoms with Gasteiger partial charge >= 0.3 is 5.72 Å². The Morgan fingerprint density at radius 2 is 1.79 bits per heavy atom. The first kappa shape index (κ1) is 17.6. The van der Waals surface area contributed by atoms with E-state index in [9.17, 15) is 4.79 Å². The molecular weight excluding hydrogens is 390 g/mol. The zero-order valence-electron chi connectivity index (χ0n) is 15.4. The summed E-state index contributed by atoms with van der Waals surface area (Å²) in [6.07, 6.45) is 0. The van der Waals surface area contributed by atoms with Gasteiger partial charge in [-0.1, -0.05) is 41.9 Å². The lowest BCUT2D eigenvalue weighted by molar-refractivity contribution is -0.130. The number of hydrazone groups is 1. The molecule has 0 fully saturated rings. The third-order valence-electron chi connectivity index (χ3n) is 5.00. The third-order valence-corrected chi connectivity index (χ3v) is 5.31. The SMILES string of the molecule is COc1ccc(C2=NN(c3ccccc3)C3(O2)C(=O)Nc2c(Cl)cccc23)cc1. The van der Waals surface area contributed by atoms with E-state index in [2.05, 4.69) is 10.4 Å². The molecule has 2 aliphatic rings. The quantitative estimate of drug-likeness (QED) is 0.703. The van der Waals surface area contributed by atoms with E-state index in [1.165, 1.54) is 0 Å². The minimum atomic E-state index is -1.48. The molecule has 1 spiro atoms. The molecule has 5 rings (SSSR count). The highest BCUT2D eigenvalue weighted by Crippen LogP contribution is 2.49. The lowest BCUT2D eigenvalue weighted by Gasteiger charge is -2.30. The maximum absolute atomic E-state index is 13.2. The summed E-state index contributed by atoms with van der Waals surface area (Å²) < 4.78 is 11.5. The number of fused-ring (bicyclic) bond motifs is 2. The topological polar surface area (TPSA) is 63.2 Å². The second-order valence-electron chi connectivity index (χ2n) is 6.64. The number of ether oxygens (including phenoxy) is 2. The molecular formula is C22H16ClN3O3. The maximum atomic E-state index is 13.2. The van der Waals surface area contributed by atoms with E-state index in [1.807, 2.05) is 60.7 Å². The van der Waals surface area contributed by atoms with Crippen molar-refractivity contribution in [1.82, 2.24) is 0 Å². The van der Waals surface area contributed by atoms with Crippen molar-refractivity contribution in [3.8, 4) is 5.75 Å². The first-order valence-electron chi connectivity index (χ1n) is 9.01. The highest BCUT2D eigenvalue weighted by atomic mass is 35.5. The fourth-order valence-electron chi connectivity index (χ4n) is 3.59. The Bertz CT molecular complexity index is 1130. The van der Waals surface area contributed by atoms with E-state index in [4.69, 9.17) is 21.1 Å². The summed E-state index contributed by atoms with van der Waals surface area (Å²) in [5, 5.41) is 9.59. The van der Waals surface area contributed by atoms with Crippen LogP contribution < -0.4 is 15.1 Å². The zero-order valence-corrected chi connectivity index (χ0v) is 16.2. The molecule has 3 aromatic carbocycles. The Morgan fingerprint density at radius 3 is 2.52 bits per heavy atom. The summed E-state index contributed by atoms with van der Waals surface area (Å²) >= 11 is 6.34. The summed E-state index contributed by atoms with van der Waals surface area (Å²) in [6, 6.07) is 22.1. The molecule has 1 atom stereocenters. The van der Waals surface area contributed by atoms with Gasteiger partial charge in [0, 0.05) is 5.56 Å². The first-order valence-corrected chi connectivity index (χ1v) is 9.39. The molecule has 0 aromatic heterocycles. The molecule has 1 N–H and O–H groups in total. The highest BCUT2D eigenvalue weighted by molar-refractivity contribution is 6.35. The van der Waals surface area contributed by atoms with Gasteiger partial charge in [-0.2, -0.15) is 0 Å². The minimum absolute atomic E-state index is 0.333. The average Bonchev–Trinajstić information content (AvgIpc) is 3.30.